The van der Waals surface area contributed by atoms with Crippen molar-refractivity contribution < 1.29 is 14.6 Å². The van der Waals surface area contributed by atoms with Crippen LogP contribution in [-0.4, -0.2) is 17.7 Å². The van der Waals surface area contributed by atoms with Crippen molar-refractivity contribution in [2.24, 2.45) is 0 Å². The number of carboxylic acid groups (broad SMARTS) is 1. The summed E-state index contributed by atoms with van der Waals surface area (Å²) in [5.74, 6) is -0.924. The highest BCUT2D eigenvalue weighted by Crippen LogP contribution is 2.20. The maximum atomic E-state index is 10.8. The fraction of sp³-hybridized carbons (Fsp3) is 0.444. The average molecular weight is 200 g/mol. The van der Waals surface area contributed by atoms with Crippen LogP contribution in [0, 0.1) is 0 Å². The Hall–Kier alpha value is -0.870. The number of aliphatic carboxylic acids is 1. The van der Waals surface area contributed by atoms with Crippen LogP contribution in [0.25, 0.3) is 0 Å². The van der Waals surface area contributed by atoms with Crippen molar-refractivity contribution in [3.8, 4) is 0 Å². The third-order valence-electron chi connectivity index (χ3n) is 1.56. The minimum atomic E-state index is -0.924. The summed E-state index contributed by atoms with van der Waals surface area (Å²) in [5, 5.41) is 12.5. The van der Waals surface area contributed by atoms with E-state index in [0.717, 1.165) is 12.0 Å². The fourth-order valence-corrected chi connectivity index (χ4v) is 1.64. The van der Waals surface area contributed by atoms with Gasteiger partial charge in [0.25, 0.3) is 0 Å². The van der Waals surface area contributed by atoms with E-state index in [1.54, 1.807) is 11.4 Å². The van der Waals surface area contributed by atoms with E-state index < -0.39 is 12.1 Å². The molecule has 1 rings (SSSR count). The lowest BCUT2D eigenvalue weighted by Gasteiger charge is -2.10. The molecule has 1 heterocycles. The summed E-state index contributed by atoms with van der Waals surface area (Å²) < 4.78 is 5.20. The van der Waals surface area contributed by atoms with Gasteiger partial charge in [0.15, 0.2) is 6.10 Å². The molecule has 0 amide bonds. The standard InChI is InChI=1S/C9H12O3S/c1-2-4-12-8(9(10)11)7-3-5-13-6-7/h3,5-6,8H,2,4H2,1H3,(H,10,11). The Morgan fingerprint density at radius 3 is 3.00 bits per heavy atom. The van der Waals surface area contributed by atoms with E-state index in [0.29, 0.717) is 6.61 Å². The highest BCUT2D eigenvalue weighted by Gasteiger charge is 2.19. The molecule has 0 bridgehead atoms. The van der Waals surface area contributed by atoms with Gasteiger partial charge < -0.3 is 9.84 Å². The van der Waals surface area contributed by atoms with E-state index in [1.807, 2.05) is 12.3 Å². The summed E-state index contributed by atoms with van der Waals surface area (Å²) in [5.41, 5.74) is 0.728. The molecule has 1 atom stereocenters. The second-order valence-corrected chi connectivity index (χ2v) is 3.43. The number of carbonyl (C=O) groups is 1. The molecule has 0 fully saturated rings. The molecular formula is C9H12O3S. The molecule has 1 aromatic heterocycles. The lowest BCUT2D eigenvalue weighted by Crippen LogP contribution is -2.15. The van der Waals surface area contributed by atoms with Crippen molar-refractivity contribution in [3.63, 3.8) is 0 Å². The summed E-state index contributed by atoms with van der Waals surface area (Å²) in [6, 6.07) is 1.78. The van der Waals surface area contributed by atoms with E-state index in [-0.39, 0.29) is 0 Å². The van der Waals surface area contributed by atoms with Gasteiger partial charge in [-0.25, -0.2) is 4.79 Å². The summed E-state index contributed by atoms with van der Waals surface area (Å²) in [6.07, 6.45) is 0.0275. The number of hydrogen-bond donors (Lipinski definition) is 1. The van der Waals surface area contributed by atoms with Gasteiger partial charge in [0.1, 0.15) is 0 Å². The van der Waals surface area contributed by atoms with E-state index in [1.165, 1.54) is 11.3 Å². The minimum Gasteiger partial charge on any atom is -0.479 e. The third kappa shape index (κ3) is 2.82. The quantitative estimate of drug-likeness (QED) is 0.793. The highest BCUT2D eigenvalue weighted by molar-refractivity contribution is 7.08. The third-order valence-corrected chi connectivity index (χ3v) is 2.26. The first kappa shape index (κ1) is 10.2. The Morgan fingerprint density at radius 2 is 2.54 bits per heavy atom. The largest absolute Gasteiger partial charge is 0.479 e. The van der Waals surface area contributed by atoms with Gasteiger partial charge in [0.2, 0.25) is 0 Å². The lowest BCUT2D eigenvalue weighted by atomic mass is 10.2. The maximum Gasteiger partial charge on any atom is 0.337 e. The number of ether oxygens (including phenoxy) is 1. The molecule has 0 saturated heterocycles. The molecule has 3 nitrogen and oxygen atoms in total. The Balaban J connectivity index is 2.63. The van der Waals surface area contributed by atoms with E-state index in [9.17, 15) is 4.79 Å². The Kier molecular flexibility index (Phi) is 3.92. The summed E-state index contributed by atoms with van der Waals surface area (Å²) >= 11 is 1.48. The molecule has 13 heavy (non-hydrogen) atoms. The molecule has 0 aliphatic rings. The average Bonchev–Trinajstić information content (AvgIpc) is 2.57. The molecule has 0 saturated carbocycles. The zero-order valence-corrected chi connectivity index (χ0v) is 8.21. The predicted molar refractivity (Wildman–Crippen MR) is 50.9 cm³/mol. The van der Waals surface area contributed by atoms with Gasteiger partial charge in [-0.15, -0.1) is 0 Å². The van der Waals surface area contributed by atoms with E-state index >= 15 is 0 Å². The van der Waals surface area contributed by atoms with Crippen LogP contribution in [0.2, 0.25) is 0 Å². The SMILES string of the molecule is CCCOC(C(=O)O)c1ccsc1. The second-order valence-electron chi connectivity index (χ2n) is 2.65. The van der Waals surface area contributed by atoms with Gasteiger partial charge in [-0.05, 0) is 23.2 Å². The molecule has 0 aromatic carbocycles. The van der Waals surface area contributed by atoms with Crippen LogP contribution < -0.4 is 0 Å². The lowest BCUT2D eigenvalue weighted by molar-refractivity contribution is -0.150. The molecule has 0 spiro atoms. The van der Waals surface area contributed by atoms with Crippen LogP contribution in [0.4, 0.5) is 0 Å². The topological polar surface area (TPSA) is 46.5 Å². The van der Waals surface area contributed by atoms with Crippen molar-refractivity contribution >= 4 is 17.3 Å². The summed E-state index contributed by atoms with van der Waals surface area (Å²) in [4.78, 5) is 10.8. The molecule has 4 heteroatoms. The van der Waals surface area contributed by atoms with Crippen LogP contribution in [0.15, 0.2) is 16.8 Å². The van der Waals surface area contributed by atoms with Gasteiger partial charge in [0, 0.05) is 12.2 Å². The van der Waals surface area contributed by atoms with Gasteiger partial charge in [-0.1, -0.05) is 6.92 Å². The van der Waals surface area contributed by atoms with Gasteiger partial charge in [-0.2, -0.15) is 11.3 Å². The first-order chi connectivity index (χ1) is 6.25. The van der Waals surface area contributed by atoms with Gasteiger partial charge in [-0.3, -0.25) is 0 Å². The molecule has 0 aliphatic heterocycles. The molecule has 72 valence electrons. The first-order valence-electron chi connectivity index (χ1n) is 4.12. The zero-order chi connectivity index (χ0) is 9.68. The maximum absolute atomic E-state index is 10.8. The van der Waals surface area contributed by atoms with E-state index in [4.69, 9.17) is 9.84 Å². The minimum absolute atomic E-state index is 0.479. The number of thiophene rings is 1. The monoisotopic (exact) mass is 200 g/mol. The van der Waals surface area contributed by atoms with Crippen LogP contribution >= 0.6 is 11.3 Å². The predicted octanol–water partition coefficient (Wildman–Crippen LogP) is 2.30. The van der Waals surface area contributed by atoms with Crippen LogP contribution in [0.1, 0.15) is 25.0 Å². The van der Waals surface area contributed by atoms with Crippen molar-refractivity contribution in [2.45, 2.75) is 19.4 Å². The smallest absolute Gasteiger partial charge is 0.337 e. The molecule has 1 N–H and O–H groups in total. The fourth-order valence-electron chi connectivity index (χ4n) is 0.970. The van der Waals surface area contributed by atoms with E-state index in [2.05, 4.69) is 0 Å². The van der Waals surface area contributed by atoms with Gasteiger partial charge in [0.05, 0.1) is 0 Å². The summed E-state index contributed by atoms with van der Waals surface area (Å²) in [7, 11) is 0. The van der Waals surface area contributed by atoms with Crippen LogP contribution in [0.3, 0.4) is 0 Å². The van der Waals surface area contributed by atoms with Crippen molar-refractivity contribution in [1.29, 1.82) is 0 Å². The van der Waals surface area contributed by atoms with Crippen LogP contribution in [-0.2, 0) is 9.53 Å². The number of hydrogen-bond acceptors (Lipinski definition) is 3. The normalized spacial score (nSPS) is 12.7. The molecule has 1 unspecified atom stereocenters. The number of carboxylic acids is 1. The molecule has 0 radical (unpaired) electrons. The zero-order valence-electron chi connectivity index (χ0n) is 7.40. The Morgan fingerprint density at radius 1 is 1.77 bits per heavy atom. The molecule has 0 aliphatic carbocycles. The van der Waals surface area contributed by atoms with Crippen molar-refractivity contribution in [3.05, 3.63) is 22.4 Å². The second kappa shape index (κ2) is 4.99. The van der Waals surface area contributed by atoms with Gasteiger partial charge >= 0.3 is 5.97 Å². The highest BCUT2D eigenvalue weighted by atomic mass is 32.1. The Bertz CT molecular complexity index is 256. The van der Waals surface area contributed by atoms with Crippen molar-refractivity contribution in [1.82, 2.24) is 0 Å². The first-order valence-corrected chi connectivity index (χ1v) is 5.06. The number of rotatable bonds is 5. The summed E-state index contributed by atoms with van der Waals surface area (Å²) in [6.45, 7) is 2.43. The molecule has 1 aromatic rings. The Labute approximate surface area is 81.0 Å². The van der Waals surface area contributed by atoms with Crippen LogP contribution in [0.5, 0.6) is 0 Å². The van der Waals surface area contributed by atoms with Crippen molar-refractivity contribution in [2.75, 3.05) is 6.61 Å². The molecular weight excluding hydrogens is 188 g/mol.